The first-order valence-electron chi connectivity index (χ1n) is 18.1. The van der Waals surface area contributed by atoms with Gasteiger partial charge >= 0.3 is 148 Å². The third-order valence-electron chi connectivity index (χ3n) is 8.32. The molecule has 0 aliphatic rings. The van der Waals surface area contributed by atoms with Crippen molar-refractivity contribution in [2.45, 2.75) is 24.5 Å². The van der Waals surface area contributed by atoms with E-state index >= 15 is 0 Å². The number of anilines is 2. The van der Waals surface area contributed by atoms with E-state index in [2.05, 4.69) is 67.3 Å². The van der Waals surface area contributed by atoms with Crippen LogP contribution >= 0.6 is 24.6 Å². The van der Waals surface area contributed by atoms with Gasteiger partial charge in [-0.3, -0.25) is 22.6 Å². The molecule has 32 nitrogen and oxygen atoms in total. The van der Waals surface area contributed by atoms with Crippen molar-refractivity contribution >= 4 is 130 Å². The molecule has 0 saturated carbocycles. The van der Waals surface area contributed by atoms with E-state index in [4.69, 9.17) is 5.73 Å². The molecule has 0 fully saturated rings. The van der Waals surface area contributed by atoms with Crippen LogP contribution in [0.15, 0.2) is 122 Å². The Morgan fingerprint density at radius 2 is 0.908 bits per heavy atom. The second-order valence-corrected chi connectivity index (χ2v) is 23.9. The summed E-state index contributed by atoms with van der Waals surface area (Å²) >= 11 is -0.0132. The molecule has 0 aromatic heterocycles. The first-order chi connectivity index (χ1) is 33.1. The molecule has 0 amide bonds. The number of benzene rings is 4. The number of azo groups is 3. The fourth-order valence-electron chi connectivity index (χ4n) is 5.17. The van der Waals surface area contributed by atoms with Crippen molar-refractivity contribution in [2.75, 3.05) is 55.2 Å². The van der Waals surface area contributed by atoms with Gasteiger partial charge in [0.25, 0.3) is 0 Å². The number of sulfone groups is 3. The predicted octanol–water partition coefficient (Wildman–Crippen LogP) is -13.2. The Labute approximate surface area is 553 Å². The smallest absolute Gasteiger partial charge is 0.744 e. The van der Waals surface area contributed by atoms with Crippen molar-refractivity contribution in [2.24, 2.45) is 30.7 Å². The van der Waals surface area contributed by atoms with E-state index in [1.54, 1.807) is 0 Å². The summed E-state index contributed by atoms with van der Waals surface area (Å²) in [6.07, 6.45) is 0. The maximum Gasteiger partial charge on any atom is 1.00 e. The Morgan fingerprint density at radius 3 is 1.32 bits per heavy atom. The number of nitrogen functional groups attached to an aromatic ring is 1. The summed E-state index contributed by atoms with van der Waals surface area (Å²) in [5.74, 6) is -2.55. The van der Waals surface area contributed by atoms with Crippen LogP contribution in [0.4, 0.5) is 45.5 Å². The van der Waals surface area contributed by atoms with Gasteiger partial charge in [0.2, 0.25) is 10.4 Å². The minimum absolute atomic E-state index is 0. The first kappa shape index (κ1) is 78.3. The molecule has 4 aromatic carbocycles. The molecular formula is C31H29N8Na5O24S8. The van der Waals surface area contributed by atoms with Gasteiger partial charge in [-0.1, -0.05) is 0 Å². The molecule has 0 aliphatic carbocycles. The fourth-order valence-corrected chi connectivity index (χ4v) is 10.9. The van der Waals surface area contributed by atoms with E-state index in [0.29, 0.717) is 12.1 Å². The molecule has 0 unspecified atom stereocenters. The fraction of sp³-hybridized carbons (Fsp3) is 0.226. The third-order valence-corrected chi connectivity index (χ3v) is 16.3. The Hall–Kier alpha value is 0.200. The first-order valence-corrected chi connectivity index (χ1v) is 28.5. The zero-order valence-electron chi connectivity index (χ0n) is 39.9. The molecule has 3 N–H and O–H groups in total. The van der Waals surface area contributed by atoms with Crippen molar-refractivity contribution in [3.8, 4) is 0 Å². The topological polar surface area (TPSA) is 497 Å². The molecule has 0 atom stereocenters. The maximum atomic E-state index is 12.9. The number of rotatable bonds is 28. The zero-order chi connectivity index (χ0) is 52.8. The van der Waals surface area contributed by atoms with Crippen molar-refractivity contribution < 1.29 is 254 Å². The number of hydrogen-bond donors (Lipinski definition) is 2. The summed E-state index contributed by atoms with van der Waals surface area (Å²) in [4.78, 5) is -4.16. The summed E-state index contributed by atoms with van der Waals surface area (Å²) in [7, 11) is -27.9. The standard InChI is InChI=1S/C31H34N8O24S8.5Na/c1-33-30-26(38-36-24-9-7-22(17-28(24)70(51,52)53)68(46,47)14-11-58-65-63-61-41)18-25(29(32)31(30)39-34-19-2-4-20(5-3-19)66(42,43)15-12-59-71(54,55)56)37-35-23-8-6-21(16-27(23)69(48,49)50)67(44,45)13-10-57-64-62-60-40;;;;;/h2-9,16-18,33,40-41H,10-15,32H2,1H3,(H,48,49,50)(H,51,52,53)(H,54,55,56);;;;;/q;5*+1/p-5. The Balaban J connectivity index is 0. The van der Waals surface area contributed by atoms with E-state index in [1.165, 1.54) is 7.05 Å². The minimum Gasteiger partial charge on any atom is -0.744 e. The second kappa shape index (κ2) is 35.4. The summed E-state index contributed by atoms with van der Waals surface area (Å²) in [6.45, 7) is -2.21. The predicted molar refractivity (Wildman–Crippen MR) is 231 cm³/mol. The monoisotopic (exact) mass is 1270 g/mol. The van der Waals surface area contributed by atoms with Gasteiger partial charge in [0.05, 0.1) is 78.6 Å². The number of nitrogens with one attached hydrogen (secondary N) is 1. The van der Waals surface area contributed by atoms with Gasteiger partial charge in [-0.15, -0.1) is 34.2 Å². The summed E-state index contributed by atoms with van der Waals surface area (Å²) < 4.78 is 204. The molecule has 4 aromatic rings. The van der Waals surface area contributed by atoms with Gasteiger partial charge in [0.15, 0.2) is 54.2 Å². The molecule has 0 saturated heterocycles. The normalized spacial score (nSPS) is 12.3. The Bertz CT molecular complexity index is 3370. The zero-order valence-corrected chi connectivity index (χ0v) is 56.5. The van der Waals surface area contributed by atoms with Crippen molar-refractivity contribution in [3.63, 3.8) is 0 Å². The van der Waals surface area contributed by atoms with Crippen LogP contribution in [0.2, 0.25) is 0 Å². The van der Waals surface area contributed by atoms with Crippen molar-refractivity contribution in [1.82, 2.24) is 0 Å². The Kier molecular flexibility index (Phi) is 36.4. The van der Waals surface area contributed by atoms with Gasteiger partial charge in [0.1, 0.15) is 48.7 Å². The summed E-state index contributed by atoms with van der Waals surface area (Å²) in [5, 5.41) is 52.1. The van der Waals surface area contributed by atoms with Gasteiger partial charge in [-0.05, 0) is 66.7 Å². The molecule has 45 heteroatoms. The maximum absolute atomic E-state index is 12.9. The molecule has 0 spiro atoms. The van der Waals surface area contributed by atoms with Crippen LogP contribution in [0.5, 0.6) is 0 Å². The molecule has 76 heavy (non-hydrogen) atoms. The van der Waals surface area contributed by atoms with Gasteiger partial charge in [-0.2, -0.15) is 5.11 Å². The number of nitrogens with zero attached hydrogens (tertiary/aromatic N) is 6. The van der Waals surface area contributed by atoms with Crippen LogP contribution in [0.1, 0.15) is 0 Å². The number of hydrogen-bond acceptors (Lipinski definition) is 34. The van der Waals surface area contributed by atoms with Gasteiger partial charge < -0.3 is 35.2 Å². The van der Waals surface area contributed by atoms with E-state index in [-0.39, 0.29) is 189 Å². The average molecular weight is 1270 g/mol. The van der Waals surface area contributed by atoms with Crippen LogP contribution in [0.3, 0.4) is 0 Å². The molecule has 0 radical (unpaired) electrons. The third kappa shape index (κ3) is 24.6. The van der Waals surface area contributed by atoms with Gasteiger partial charge in [0, 0.05) is 7.05 Å². The van der Waals surface area contributed by atoms with Crippen molar-refractivity contribution in [1.29, 1.82) is 0 Å². The Morgan fingerprint density at radius 1 is 0.513 bits per heavy atom. The van der Waals surface area contributed by atoms with Crippen LogP contribution in [0.25, 0.3) is 0 Å². The van der Waals surface area contributed by atoms with E-state index in [9.17, 15) is 74.7 Å². The molecule has 0 bridgehead atoms. The summed E-state index contributed by atoms with van der Waals surface area (Å²) in [5.41, 5.74) is 2.88. The average Bonchev–Trinajstić information content (AvgIpc) is 3.28. The molecule has 0 aliphatic heterocycles. The quantitative estimate of drug-likeness (QED) is 0.00614. The SMILES string of the molecule is CNc1c(N=Nc2ccc(S(=O)(=O)CCOSOO[O-])cc2S(=O)(=O)[O-])cc(N=Nc2ccc(S(=O)(=O)CCOSOO[O-])cc2S(=O)(=O)[O-])c(N)c1N=Nc1ccc(S(=O)(=O)CCOS(=O)(=O)[O-])cc1.[Na+].[Na+].[Na+].[Na+].[Na+]. The van der Waals surface area contributed by atoms with Gasteiger partial charge in [-0.25, -0.2) is 50.5 Å². The summed E-state index contributed by atoms with van der Waals surface area (Å²) in [6, 6.07) is 9.52. The van der Waals surface area contributed by atoms with Crippen LogP contribution in [-0.4, -0.2) is 108 Å². The number of nitrogens with two attached hydrogens (primary N) is 1. The van der Waals surface area contributed by atoms with Crippen molar-refractivity contribution in [3.05, 3.63) is 66.7 Å². The largest absolute Gasteiger partial charge is 1.00 e. The molecule has 4 rings (SSSR count). The van der Waals surface area contributed by atoms with Crippen LogP contribution in [-0.2, 0) is 91.4 Å². The second-order valence-electron chi connectivity index (χ2n) is 12.8. The van der Waals surface area contributed by atoms with Crippen LogP contribution < -0.4 is 169 Å². The molecular weight excluding hydrogens is 1240 g/mol. The minimum atomic E-state index is -5.53. The van der Waals surface area contributed by atoms with E-state index in [1.807, 2.05) is 0 Å². The van der Waals surface area contributed by atoms with Crippen LogP contribution in [0, 0.1) is 0 Å². The van der Waals surface area contributed by atoms with E-state index in [0.717, 1.165) is 54.6 Å². The van der Waals surface area contributed by atoms with E-state index < -0.39 is 151 Å². The molecule has 0 heterocycles. The molecule has 390 valence electrons.